The van der Waals surface area contributed by atoms with Crippen LogP contribution >= 0.6 is 15.9 Å². The lowest BCUT2D eigenvalue weighted by Gasteiger charge is -2.18. The number of aromatic nitrogens is 2. The number of nitriles is 2. The summed E-state index contributed by atoms with van der Waals surface area (Å²) in [6, 6.07) is 28.0. The van der Waals surface area contributed by atoms with Crippen molar-refractivity contribution in [3.05, 3.63) is 184 Å². The number of pyridine rings is 2. The largest absolute Gasteiger partial charge is 0.417 e. The van der Waals surface area contributed by atoms with E-state index < -0.39 is 63.9 Å². The molecule has 0 aliphatic carbocycles. The topological polar surface area (TPSA) is 91.6 Å². The first-order valence-electron chi connectivity index (χ1n) is 16.7. The zero-order valence-electron chi connectivity index (χ0n) is 29.7. The van der Waals surface area contributed by atoms with Gasteiger partial charge in [-0.1, -0.05) is 93.8 Å². The number of hydrogen-bond acceptors (Lipinski definition) is 4. The normalized spacial score (nSPS) is 11.3. The number of nitrogens with zero attached hydrogens (tertiary/aromatic N) is 4. The van der Waals surface area contributed by atoms with Gasteiger partial charge >= 0.3 is 12.4 Å². The number of hydrogen-bond donors (Lipinski definition) is 0. The minimum Gasteiger partial charge on any atom is -0.303 e. The molecule has 0 fully saturated rings. The average molecular weight is 852 g/mol. The third-order valence-corrected chi connectivity index (χ3v) is 9.48. The highest BCUT2D eigenvalue weighted by atomic mass is 79.9. The van der Waals surface area contributed by atoms with Crippen molar-refractivity contribution in [1.82, 2.24) is 9.13 Å². The van der Waals surface area contributed by atoms with Crippen LogP contribution in [0.25, 0.3) is 22.5 Å². The smallest absolute Gasteiger partial charge is 0.303 e. The van der Waals surface area contributed by atoms with Crippen molar-refractivity contribution in [2.45, 2.75) is 39.3 Å². The van der Waals surface area contributed by atoms with Gasteiger partial charge in [-0.05, 0) is 66.9 Å². The summed E-state index contributed by atoms with van der Waals surface area (Å²) in [5.41, 5.74) is -4.08. The van der Waals surface area contributed by atoms with Gasteiger partial charge in [0.15, 0.2) is 11.6 Å². The first kappa shape index (κ1) is 41.8. The van der Waals surface area contributed by atoms with Gasteiger partial charge in [0.05, 0.1) is 35.6 Å². The van der Waals surface area contributed by atoms with Crippen molar-refractivity contribution in [3.63, 3.8) is 0 Å². The van der Waals surface area contributed by atoms with Crippen LogP contribution in [0.3, 0.4) is 0 Å². The van der Waals surface area contributed by atoms with E-state index in [9.17, 15) is 50.0 Å². The molecule has 57 heavy (non-hydrogen) atoms. The van der Waals surface area contributed by atoms with Gasteiger partial charge < -0.3 is 9.13 Å². The van der Waals surface area contributed by atoms with Gasteiger partial charge in [-0.15, -0.1) is 0 Å². The molecule has 6 nitrogen and oxygen atoms in total. The molecule has 0 amide bonds. The summed E-state index contributed by atoms with van der Waals surface area (Å²) in [6.45, 7) is 3.01. The average Bonchev–Trinajstić information content (AvgIpc) is 3.14. The molecule has 2 aromatic heterocycles. The SMILES string of the molecule is Cc1cccc(-c2cc(C(F)(F)F)c(C#N)c(=O)n2Cc2cccc(F)c2F)c1.Cc1cccc(-c2cc(C(F)(F)F)c(C#N)c(=O)n2Cc2ccccc2Br)c1. The summed E-state index contributed by atoms with van der Waals surface area (Å²) in [7, 11) is 0. The van der Waals surface area contributed by atoms with Crippen molar-refractivity contribution in [2.24, 2.45) is 0 Å². The quantitative estimate of drug-likeness (QED) is 0.156. The molecule has 0 unspecified atom stereocenters. The van der Waals surface area contributed by atoms with E-state index in [1.807, 2.05) is 13.0 Å². The summed E-state index contributed by atoms with van der Waals surface area (Å²) < 4.78 is 111. The lowest BCUT2D eigenvalue weighted by Crippen LogP contribution is -2.29. The number of benzene rings is 4. The highest BCUT2D eigenvalue weighted by Crippen LogP contribution is 2.35. The Morgan fingerprint density at radius 1 is 0.596 bits per heavy atom. The second-order valence-corrected chi connectivity index (χ2v) is 13.5. The molecule has 6 aromatic rings. The Kier molecular flexibility index (Phi) is 12.3. The van der Waals surface area contributed by atoms with E-state index in [4.69, 9.17) is 5.26 Å². The molecule has 2 heterocycles. The maximum Gasteiger partial charge on any atom is 0.417 e. The van der Waals surface area contributed by atoms with Crippen molar-refractivity contribution in [3.8, 4) is 34.7 Å². The Balaban J connectivity index is 0.000000218. The van der Waals surface area contributed by atoms with Gasteiger partial charge in [0.2, 0.25) is 0 Å². The van der Waals surface area contributed by atoms with Crippen LogP contribution in [0.2, 0.25) is 0 Å². The molecule has 4 aromatic carbocycles. The predicted octanol–water partition coefficient (Wildman–Crippen LogP) is 10.6. The van der Waals surface area contributed by atoms with E-state index in [1.54, 1.807) is 67.6 Å². The van der Waals surface area contributed by atoms with Crippen LogP contribution in [-0.4, -0.2) is 9.13 Å². The molecule has 0 saturated heterocycles. The second kappa shape index (κ2) is 16.8. The van der Waals surface area contributed by atoms with E-state index in [1.165, 1.54) is 34.9 Å². The third kappa shape index (κ3) is 9.22. The molecule has 0 bridgehead atoms. The van der Waals surface area contributed by atoms with Crippen LogP contribution in [0.5, 0.6) is 0 Å². The van der Waals surface area contributed by atoms with Crippen molar-refractivity contribution < 1.29 is 35.1 Å². The number of rotatable bonds is 6. The van der Waals surface area contributed by atoms with E-state index >= 15 is 0 Å². The highest BCUT2D eigenvalue weighted by molar-refractivity contribution is 9.10. The standard InChI is InChI=1S/C21H14BrF3N2O.C21H13F5N2O/c1-13-5-4-7-14(9-13)19-10-17(21(23,24)25)16(11-26)20(28)27(19)12-15-6-2-3-8-18(15)22;1-12-4-2-5-13(8-12)18-9-16(21(24,25)26)15(10-27)20(29)28(18)11-14-6-3-7-17(22)19(14)23/h2-10H,12H2,1H3;2-9H,11H2,1H3. The molecular weight excluding hydrogens is 824 g/mol. The van der Waals surface area contributed by atoms with E-state index in [2.05, 4.69) is 15.9 Å². The van der Waals surface area contributed by atoms with Crippen LogP contribution in [0, 0.1) is 48.1 Å². The number of halogens is 9. The van der Waals surface area contributed by atoms with Crippen molar-refractivity contribution in [1.29, 1.82) is 10.5 Å². The Morgan fingerprint density at radius 2 is 1.02 bits per heavy atom. The van der Waals surface area contributed by atoms with Gasteiger partial charge in [0.25, 0.3) is 11.1 Å². The van der Waals surface area contributed by atoms with E-state index in [-0.39, 0.29) is 29.1 Å². The van der Waals surface area contributed by atoms with Gasteiger partial charge in [0, 0.05) is 10.0 Å². The Bertz CT molecular complexity index is 2710. The maximum absolute atomic E-state index is 14.1. The molecule has 6 rings (SSSR count). The van der Waals surface area contributed by atoms with E-state index in [0.29, 0.717) is 17.2 Å². The number of alkyl halides is 6. The van der Waals surface area contributed by atoms with Gasteiger partial charge in [0.1, 0.15) is 23.3 Å². The maximum atomic E-state index is 14.1. The molecule has 0 spiro atoms. The highest BCUT2D eigenvalue weighted by Gasteiger charge is 2.38. The summed E-state index contributed by atoms with van der Waals surface area (Å²) in [5.74, 6) is -2.37. The molecule has 0 aliphatic heterocycles. The molecular formula is C42H27BrF8N4O2. The summed E-state index contributed by atoms with van der Waals surface area (Å²) in [6.07, 6.45) is -9.75. The Hall–Kier alpha value is -6.32. The molecule has 0 N–H and O–H groups in total. The Morgan fingerprint density at radius 3 is 1.44 bits per heavy atom. The molecule has 0 radical (unpaired) electrons. The van der Waals surface area contributed by atoms with Gasteiger partial charge in [-0.2, -0.15) is 36.9 Å². The minimum absolute atomic E-state index is 0.0242. The minimum atomic E-state index is -4.94. The van der Waals surface area contributed by atoms with Crippen LogP contribution in [0.15, 0.2) is 117 Å². The van der Waals surface area contributed by atoms with E-state index in [0.717, 1.165) is 32.3 Å². The fourth-order valence-corrected chi connectivity index (χ4v) is 6.41. The second-order valence-electron chi connectivity index (χ2n) is 12.7. The fraction of sp³-hybridized carbons (Fsp3) is 0.143. The van der Waals surface area contributed by atoms with Crippen molar-refractivity contribution in [2.75, 3.05) is 0 Å². The van der Waals surface area contributed by atoms with Crippen LogP contribution in [0.4, 0.5) is 35.1 Å². The van der Waals surface area contributed by atoms with Gasteiger partial charge in [-0.25, -0.2) is 8.78 Å². The zero-order chi connectivity index (χ0) is 41.8. The van der Waals surface area contributed by atoms with Crippen molar-refractivity contribution >= 4 is 15.9 Å². The number of aryl methyl sites for hydroxylation is 2. The lowest BCUT2D eigenvalue weighted by molar-refractivity contribution is -0.138. The van der Waals surface area contributed by atoms with Crippen LogP contribution < -0.4 is 11.1 Å². The third-order valence-electron chi connectivity index (χ3n) is 8.71. The van der Waals surface area contributed by atoms with Crippen LogP contribution in [0.1, 0.15) is 44.5 Å². The molecule has 0 aliphatic rings. The van der Waals surface area contributed by atoms with Gasteiger partial charge in [-0.3, -0.25) is 9.59 Å². The first-order chi connectivity index (χ1) is 26.8. The van der Waals surface area contributed by atoms with Crippen LogP contribution in [-0.2, 0) is 25.4 Å². The first-order valence-corrected chi connectivity index (χ1v) is 17.5. The summed E-state index contributed by atoms with van der Waals surface area (Å²) >= 11 is 3.39. The molecule has 0 saturated carbocycles. The zero-order valence-corrected chi connectivity index (χ0v) is 31.3. The molecule has 290 valence electrons. The molecule has 15 heteroatoms. The monoisotopic (exact) mass is 850 g/mol. The fourth-order valence-electron chi connectivity index (χ4n) is 5.99. The predicted molar refractivity (Wildman–Crippen MR) is 200 cm³/mol. The summed E-state index contributed by atoms with van der Waals surface area (Å²) in [5, 5.41) is 18.4. The summed E-state index contributed by atoms with van der Waals surface area (Å²) in [4.78, 5) is 25.7. The Labute approximate surface area is 328 Å². The lowest BCUT2D eigenvalue weighted by atomic mass is 10.0. The molecule has 0 atom stereocenters.